The summed E-state index contributed by atoms with van der Waals surface area (Å²) in [4.78, 5) is 0. The monoisotopic (exact) mass is 372 g/mol. The third-order valence-electron chi connectivity index (χ3n) is 2.85. The van der Waals surface area contributed by atoms with E-state index in [1.54, 1.807) is 13.2 Å². The van der Waals surface area contributed by atoms with Gasteiger partial charge in [-0.1, -0.05) is 12.1 Å². The van der Waals surface area contributed by atoms with Crippen LogP contribution in [0.25, 0.3) is 0 Å². The van der Waals surface area contributed by atoms with Gasteiger partial charge in [0.25, 0.3) is 0 Å². The lowest BCUT2D eigenvalue weighted by Crippen LogP contribution is -2.29. The first kappa shape index (κ1) is 14.2. The lowest BCUT2D eigenvalue weighted by atomic mass is 9.98. The van der Waals surface area contributed by atoms with Gasteiger partial charge in [-0.05, 0) is 58.5 Å². The summed E-state index contributed by atoms with van der Waals surface area (Å²) in [5.74, 6) is 5.91. The molecule has 5 heteroatoms. The number of rotatable bonds is 4. The molecule has 3 N–H and O–H groups in total. The Morgan fingerprint density at radius 2 is 2.05 bits per heavy atom. The highest BCUT2D eigenvalue weighted by Gasteiger charge is 2.18. The van der Waals surface area contributed by atoms with Gasteiger partial charge < -0.3 is 4.74 Å². The van der Waals surface area contributed by atoms with E-state index in [0.29, 0.717) is 11.3 Å². The van der Waals surface area contributed by atoms with Gasteiger partial charge in [-0.25, -0.2) is 9.82 Å². The highest BCUT2D eigenvalue weighted by atomic mass is 127. The Hall–Kier alpha value is -1.18. The summed E-state index contributed by atoms with van der Waals surface area (Å²) in [5, 5.41) is 0. The van der Waals surface area contributed by atoms with Gasteiger partial charge in [-0.15, -0.1) is 0 Å². The molecule has 2 rings (SSSR count). The van der Waals surface area contributed by atoms with Crippen molar-refractivity contribution in [2.45, 2.75) is 6.04 Å². The average Bonchev–Trinajstić information content (AvgIpc) is 2.40. The molecule has 0 aliphatic heterocycles. The Morgan fingerprint density at radius 1 is 1.26 bits per heavy atom. The number of hydrogen-bond donors (Lipinski definition) is 2. The second kappa shape index (κ2) is 6.31. The van der Waals surface area contributed by atoms with E-state index in [-0.39, 0.29) is 11.9 Å². The summed E-state index contributed by atoms with van der Waals surface area (Å²) in [7, 11) is 1.55. The third-order valence-corrected chi connectivity index (χ3v) is 3.52. The van der Waals surface area contributed by atoms with E-state index in [0.717, 1.165) is 9.13 Å². The highest BCUT2D eigenvalue weighted by Crippen LogP contribution is 2.30. The molecule has 2 aromatic rings. The Morgan fingerprint density at radius 3 is 2.68 bits per heavy atom. The first-order valence-electron chi connectivity index (χ1n) is 5.70. The summed E-state index contributed by atoms with van der Waals surface area (Å²) in [6, 6.07) is 11.9. The zero-order valence-corrected chi connectivity index (χ0v) is 12.5. The van der Waals surface area contributed by atoms with Crippen molar-refractivity contribution in [1.82, 2.24) is 5.43 Å². The number of nitrogens with two attached hydrogens (primary N) is 1. The van der Waals surface area contributed by atoms with Crippen molar-refractivity contribution >= 4 is 22.6 Å². The summed E-state index contributed by atoms with van der Waals surface area (Å²) < 4.78 is 19.8. The zero-order chi connectivity index (χ0) is 13.8. The van der Waals surface area contributed by atoms with Crippen molar-refractivity contribution in [3.8, 4) is 5.75 Å². The summed E-state index contributed by atoms with van der Waals surface area (Å²) in [5.41, 5.74) is 4.34. The van der Waals surface area contributed by atoms with Crippen LogP contribution >= 0.6 is 22.6 Å². The molecular formula is C14H14FIN2O. The van der Waals surface area contributed by atoms with Crippen molar-refractivity contribution < 1.29 is 9.13 Å². The maximum absolute atomic E-state index is 13.4. The van der Waals surface area contributed by atoms with Crippen LogP contribution in [0.1, 0.15) is 17.2 Å². The van der Waals surface area contributed by atoms with Gasteiger partial charge in [0.15, 0.2) is 0 Å². The molecule has 0 fully saturated rings. The fraction of sp³-hybridized carbons (Fsp3) is 0.143. The Balaban J connectivity index is 2.50. The van der Waals surface area contributed by atoms with Crippen LogP contribution < -0.4 is 16.0 Å². The SMILES string of the molecule is COc1ccc(F)cc1C(NN)c1cccc(I)c1. The van der Waals surface area contributed by atoms with Gasteiger partial charge in [0.1, 0.15) is 11.6 Å². The number of halogens is 2. The topological polar surface area (TPSA) is 47.3 Å². The second-order valence-corrected chi connectivity index (χ2v) is 5.29. The Labute approximate surface area is 125 Å². The van der Waals surface area contributed by atoms with Crippen LogP contribution in [0.15, 0.2) is 42.5 Å². The maximum atomic E-state index is 13.4. The van der Waals surface area contributed by atoms with Gasteiger partial charge >= 0.3 is 0 Å². The number of hydrogen-bond acceptors (Lipinski definition) is 3. The van der Waals surface area contributed by atoms with Crippen LogP contribution in [-0.2, 0) is 0 Å². The smallest absolute Gasteiger partial charge is 0.124 e. The fourth-order valence-electron chi connectivity index (χ4n) is 1.98. The van der Waals surface area contributed by atoms with Gasteiger partial charge in [0, 0.05) is 9.13 Å². The molecule has 3 nitrogen and oxygen atoms in total. The van der Waals surface area contributed by atoms with E-state index in [4.69, 9.17) is 10.6 Å². The molecule has 1 unspecified atom stereocenters. The standard InChI is InChI=1S/C14H14FIN2O/c1-19-13-6-5-10(15)8-12(13)14(18-17)9-3-2-4-11(16)7-9/h2-8,14,18H,17H2,1H3. The molecule has 0 aliphatic carbocycles. The number of methoxy groups -OCH3 is 1. The first-order valence-corrected chi connectivity index (χ1v) is 6.78. The largest absolute Gasteiger partial charge is 0.496 e. The molecule has 0 radical (unpaired) electrons. The molecule has 0 aliphatic rings. The molecule has 2 aromatic carbocycles. The Kier molecular flexibility index (Phi) is 4.73. The van der Waals surface area contributed by atoms with Crippen LogP contribution in [0, 0.1) is 9.39 Å². The van der Waals surface area contributed by atoms with E-state index in [2.05, 4.69) is 28.0 Å². The molecule has 1 atom stereocenters. The Bertz CT molecular complexity index is 577. The van der Waals surface area contributed by atoms with Crippen LogP contribution in [0.2, 0.25) is 0 Å². The molecular weight excluding hydrogens is 358 g/mol. The summed E-state index contributed by atoms with van der Waals surface area (Å²) in [6.45, 7) is 0. The molecule has 0 saturated heterocycles. The molecule has 19 heavy (non-hydrogen) atoms. The number of benzene rings is 2. The van der Waals surface area contributed by atoms with Crippen LogP contribution in [0.5, 0.6) is 5.75 Å². The van der Waals surface area contributed by atoms with Gasteiger partial charge in [-0.2, -0.15) is 0 Å². The third kappa shape index (κ3) is 3.23. The lowest BCUT2D eigenvalue weighted by Gasteiger charge is -2.19. The minimum Gasteiger partial charge on any atom is -0.496 e. The second-order valence-electron chi connectivity index (χ2n) is 4.04. The molecule has 0 heterocycles. The molecule has 100 valence electrons. The lowest BCUT2D eigenvalue weighted by molar-refractivity contribution is 0.402. The average molecular weight is 372 g/mol. The summed E-state index contributed by atoms with van der Waals surface area (Å²) >= 11 is 2.23. The predicted octanol–water partition coefficient (Wildman–Crippen LogP) is 2.99. The molecule has 0 aromatic heterocycles. The van der Waals surface area contributed by atoms with Gasteiger partial charge in [0.05, 0.1) is 13.2 Å². The fourth-order valence-corrected chi connectivity index (χ4v) is 2.55. The molecule has 0 amide bonds. The van der Waals surface area contributed by atoms with Crippen molar-refractivity contribution in [2.75, 3.05) is 7.11 Å². The molecule has 0 spiro atoms. The minimum atomic E-state index is -0.319. The predicted molar refractivity (Wildman–Crippen MR) is 81.3 cm³/mol. The van der Waals surface area contributed by atoms with Gasteiger partial charge in [-0.3, -0.25) is 5.84 Å². The number of hydrazine groups is 1. The van der Waals surface area contributed by atoms with Crippen LogP contribution in [0.3, 0.4) is 0 Å². The number of ether oxygens (including phenoxy) is 1. The van der Waals surface area contributed by atoms with E-state index in [9.17, 15) is 4.39 Å². The van der Waals surface area contributed by atoms with E-state index in [1.807, 2.05) is 24.3 Å². The number of nitrogens with one attached hydrogen (secondary N) is 1. The van der Waals surface area contributed by atoms with E-state index >= 15 is 0 Å². The van der Waals surface area contributed by atoms with E-state index in [1.165, 1.54) is 12.1 Å². The normalized spacial score (nSPS) is 12.2. The van der Waals surface area contributed by atoms with Crippen molar-refractivity contribution in [2.24, 2.45) is 5.84 Å². The zero-order valence-electron chi connectivity index (χ0n) is 10.4. The summed E-state index contributed by atoms with van der Waals surface area (Å²) in [6.07, 6.45) is 0. The van der Waals surface area contributed by atoms with E-state index < -0.39 is 0 Å². The van der Waals surface area contributed by atoms with Gasteiger partial charge in [0.2, 0.25) is 0 Å². The molecule has 0 bridgehead atoms. The maximum Gasteiger partial charge on any atom is 0.124 e. The van der Waals surface area contributed by atoms with Crippen molar-refractivity contribution in [3.05, 3.63) is 63.0 Å². The van der Waals surface area contributed by atoms with Crippen molar-refractivity contribution in [1.29, 1.82) is 0 Å². The first-order chi connectivity index (χ1) is 9.15. The highest BCUT2D eigenvalue weighted by molar-refractivity contribution is 14.1. The quantitative estimate of drug-likeness (QED) is 0.493. The van der Waals surface area contributed by atoms with Crippen molar-refractivity contribution in [3.63, 3.8) is 0 Å². The van der Waals surface area contributed by atoms with Crippen LogP contribution in [0.4, 0.5) is 4.39 Å². The minimum absolute atomic E-state index is 0.318. The molecule has 0 saturated carbocycles. The van der Waals surface area contributed by atoms with Crippen LogP contribution in [-0.4, -0.2) is 7.11 Å².